The summed E-state index contributed by atoms with van der Waals surface area (Å²) in [4.78, 5) is 0. The molecule has 0 bridgehead atoms. The van der Waals surface area contributed by atoms with Gasteiger partial charge >= 0.3 is 0 Å². The lowest BCUT2D eigenvalue weighted by molar-refractivity contribution is 0.456. The Hall–Kier alpha value is -0.930. The maximum Gasteiger partial charge on any atom is 0.123 e. The zero-order chi connectivity index (χ0) is 12.2. The van der Waals surface area contributed by atoms with E-state index in [9.17, 15) is 4.39 Å². The molecule has 0 amide bonds. The second-order valence-electron chi connectivity index (χ2n) is 5.00. The second kappa shape index (κ2) is 5.41. The third-order valence-electron chi connectivity index (χ3n) is 2.64. The van der Waals surface area contributed by atoms with Crippen LogP contribution in [0.3, 0.4) is 0 Å². The van der Waals surface area contributed by atoms with Crippen LogP contribution in [0.4, 0.5) is 4.39 Å². The normalized spacial score (nSPS) is 13.8. The smallest absolute Gasteiger partial charge is 0.123 e. The van der Waals surface area contributed by atoms with Gasteiger partial charge in [-0.05, 0) is 24.6 Å². The second-order valence-corrected chi connectivity index (χ2v) is 5.00. The molecule has 0 aliphatic carbocycles. The van der Waals surface area contributed by atoms with Crippen molar-refractivity contribution in [3.05, 3.63) is 35.6 Å². The van der Waals surface area contributed by atoms with Gasteiger partial charge in [0, 0.05) is 24.5 Å². The Morgan fingerprint density at radius 3 is 2.69 bits per heavy atom. The van der Waals surface area contributed by atoms with E-state index in [0.717, 1.165) is 18.7 Å². The summed E-state index contributed by atoms with van der Waals surface area (Å²) in [6.07, 6.45) is 0. The van der Waals surface area contributed by atoms with Crippen LogP contribution in [0.5, 0.6) is 0 Å². The molecular weight excluding hydrogens is 203 g/mol. The van der Waals surface area contributed by atoms with Crippen molar-refractivity contribution in [2.24, 2.45) is 5.73 Å². The van der Waals surface area contributed by atoms with Gasteiger partial charge in [-0.1, -0.05) is 26.0 Å². The number of hydrogen-bond acceptors (Lipinski definition) is 2. The van der Waals surface area contributed by atoms with Crippen LogP contribution in [0.15, 0.2) is 24.3 Å². The van der Waals surface area contributed by atoms with Crippen LogP contribution < -0.4 is 11.1 Å². The highest BCUT2D eigenvalue weighted by Gasteiger charge is 2.20. The van der Waals surface area contributed by atoms with E-state index in [4.69, 9.17) is 5.73 Å². The molecule has 0 aliphatic heterocycles. The summed E-state index contributed by atoms with van der Waals surface area (Å²) in [5, 5.41) is 3.30. The lowest BCUT2D eigenvalue weighted by atomic mass is 9.84. The predicted molar refractivity (Wildman–Crippen MR) is 65.9 cm³/mol. The molecule has 0 heterocycles. The first kappa shape index (κ1) is 13.1. The maximum absolute atomic E-state index is 13.1. The Morgan fingerprint density at radius 1 is 1.44 bits per heavy atom. The number of rotatable bonds is 5. The Labute approximate surface area is 97.0 Å². The monoisotopic (exact) mass is 224 g/mol. The summed E-state index contributed by atoms with van der Waals surface area (Å²) in [5.74, 6) is -0.183. The first-order valence-corrected chi connectivity index (χ1v) is 5.64. The highest BCUT2D eigenvalue weighted by molar-refractivity contribution is 5.24. The number of nitrogens with one attached hydrogen (secondary N) is 1. The van der Waals surface area contributed by atoms with Gasteiger partial charge in [-0.2, -0.15) is 0 Å². The van der Waals surface area contributed by atoms with Crippen molar-refractivity contribution in [1.82, 2.24) is 5.32 Å². The van der Waals surface area contributed by atoms with Crippen LogP contribution in [-0.4, -0.2) is 19.1 Å². The molecule has 1 rings (SSSR count). The molecule has 1 atom stereocenters. The number of nitrogens with two attached hydrogens (primary N) is 1. The van der Waals surface area contributed by atoms with Crippen molar-refractivity contribution in [1.29, 1.82) is 0 Å². The number of benzene rings is 1. The molecule has 0 saturated heterocycles. The maximum atomic E-state index is 13.1. The van der Waals surface area contributed by atoms with E-state index in [1.54, 1.807) is 12.1 Å². The largest absolute Gasteiger partial charge is 0.327 e. The Bertz CT molecular complexity index is 334. The van der Waals surface area contributed by atoms with Crippen molar-refractivity contribution in [2.75, 3.05) is 13.1 Å². The fourth-order valence-corrected chi connectivity index (χ4v) is 1.62. The topological polar surface area (TPSA) is 38.0 Å². The first-order valence-electron chi connectivity index (χ1n) is 5.64. The molecule has 0 aliphatic rings. The molecule has 3 N–H and O–H groups in total. The van der Waals surface area contributed by atoms with Crippen molar-refractivity contribution in [2.45, 2.75) is 32.2 Å². The number of halogens is 1. The molecule has 1 aromatic rings. The fraction of sp³-hybridized carbons (Fsp3) is 0.538. The zero-order valence-electron chi connectivity index (χ0n) is 10.3. The first-order chi connectivity index (χ1) is 7.42. The van der Waals surface area contributed by atoms with Crippen LogP contribution in [0.1, 0.15) is 26.3 Å². The average molecular weight is 224 g/mol. The molecule has 1 aromatic carbocycles. The van der Waals surface area contributed by atoms with Crippen molar-refractivity contribution < 1.29 is 4.39 Å². The standard InChI is InChI=1S/C13H21FN2/c1-10(15)8-16-9-13(2,3)11-5-4-6-12(14)7-11/h4-7,10,16H,8-9,15H2,1-3H3. The van der Waals surface area contributed by atoms with Gasteiger partial charge in [-0.15, -0.1) is 0 Å². The van der Waals surface area contributed by atoms with Crippen molar-refractivity contribution >= 4 is 0 Å². The van der Waals surface area contributed by atoms with E-state index in [1.165, 1.54) is 6.07 Å². The third-order valence-corrected chi connectivity index (χ3v) is 2.64. The van der Waals surface area contributed by atoms with Gasteiger partial charge in [0.1, 0.15) is 5.82 Å². The Kier molecular flexibility index (Phi) is 4.44. The minimum absolute atomic E-state index is 0.0863. The zero-order valence-corrected chi connectivity index (χ0v) is 10.3. The summed E-state index contributed by atoms with van der Waals surface area (Å²) in [5.41, 5.74) is 6.58. The Balaban J connectivity index is 2.62. The average Bonchev–Trinajstić information content (AvgIpc) is 2.16. The summed E-state index contributed by atoms with van der Waals surface area (Å²) in [6, 6.07) is 6.90. The molecule has 3 heteroatoms. The minimum atomic E-state index is -0.183. The quantitative estimate of drug-likeness (QED) is 0.803. The van der Waals surface area contributed by atoms with Crippen LogP contribution in [-0.2, 0) is 5.41 Å². The molecule has 0 spiro atoms. The summed E-state index contributed by atoms with van der Waals surface area (Å²) < 4.78 is 13.1. The fourth-order valence-electron chi connectivity index (χ4n) is 1.62. The van der Waals surface area contributed by atoms with Gasteiger partial charge in [0.05, 0.1) is 0 Å². The molecule has 0 fully saturated rings. The SMILES string of the molecule is CC(N)CNCC(C)(C)c1cccc(F)c1. The van der Waals surface area contributed by atoms with E-state index in [1.807, 2.05) is 13.0 Å². The number of hydrogen-bond donors (Lipinski definition) is 2. The van der Waals surface area contributed by atoms with Crippen LogP contribution in [0.25, 0.3) is 0 Å². The highest BCUT2D eigenvalue weighted by atomic mass is 19.1. The minimum Gasteiger partial charge on any atom is -0.327 e. The van der Waals surface area contributed by atoms with Gasteiger partial charge < -0.3 is 11.1 Å². The molecule has 16 heavy (non-hydrogen) atoms. The van der Waals surface area contributed by atoms with Crippen molar-refractivity contribution in [3.63, 3.8) is 0 Å². The van der Waals surface area contributed by atoms with Gasteiger partial charge in [-0.25, -0.2) is 4.39 Å². The van der Waals surface area contributed by atoms with Crippen LogP contribution in [0, 0.1) is 5.82 Å². The summed E-state index contributed by atoms with van der Waals surface area (Å²) >= 11 is 0. The van der Waals surface area contributed by atoms with Gasteiger partial charge in [0.15, 0.2) is 0 Å². The molecule has 0 radical (unpaired) electrons. The molecule has 90 valence electrons. The molecule has 2 nitrogen and oxygen atoms in total. The molecule has 1 unspecified atom stereocenters. The van der Waals surface area contributed by atoms with Crippen LogP contribution >= 0.6 is 0 Å². The lowest BCUT2D eigenvalue weighted by Crippen LogP contribution is -2.38. The van der Waals surface area contributed by atoms with Gasteiger partial charge in [0.2, 0.25) is 0 Å². The van der Waals surface area contributed by atoms with E-state index in [-0.39, 0.29) is 17.3 Å². The summed E-state index contributed by atoms with van der Waals surface area (Å²) in [7, 11) is 0. The summed E-state index contributed by atoms with van der Waals surface area (Å²) in [6.45, 7) is 7.71. The van der Waals surface area contributed by atoms with E-state index in [2.05, 4.69) is 19.2 Å². The van der Waals surface area contributed by atoms with E-state index >= 15 is 0 Å². The molecule has 0 aromatic heterocycles. The molecular formula is C13H21FN2. The third kappa shape index (κ3) is 3.91. The van der Waals surface area contributed by atoms with Gasteiger partial charge in [-0.3, -0.25) is 0 Å². The predicted octanol–water partition coefficient (Wildman–Crippen LogP) is 2.04. The Morgan fingerprint density at radius 2 is 2.12 bits per heavy atom. The van der Waals surface area contributed by atoms with E-state index in [0.29, 0.717) is 0 Å². The van der Waals surface area contributed by atoms with Crippen molar-refractivity contribution in [3.8, 4) is 0 Å². The molecule has 0 saturated carbocycles. The highest BCUT2D eigenvalue weighted by Crippen LogP contribution is 2.22. The van der Waals surface area contributed by atoms with E-state index < -0.39 is 0 Å². The lowest BCUT2D eigenvalue weighted by Gasteiger charge is -2.26. The van der Waals surface area contributed by atoms with Gasteiger partial charge in [0.25, 0.3) is 0 Å². The van der Waals surface area contributed by atoms with Crippen LogP contribution in [0.2, 0.25) is 0 Å².